The van der Waals surface area contributed by atoms with Gasteiger partial charge in [0.25, 0.3) is 0 Å². The average molecular weight is 356 g/mol. The van der Waals surface area contributed by atoms with Crippen molar-refractivity contribution in [1.82, 2.24) is 0 Å². The lowest BCUT2D eigenvalue weighted by atomic mass is 9.78. The number of primary amides is 1. The zero-order valence-corrected chi connectivity index (χ0v) is 14.6. The highest BCUT2D eigenvalue weighted by atomic mass is 19.4. The van der Waals surface area contributed by atoms with Gasteiger partial charge in [0.2, 0.25) is 5.91 Å². The molecule has 0 radical (unpaired) electrons. The van der Waals surface area contributed by atoms with Gasteiger partial charge in [-0.05, 0) is 29.5 Å². The van der Waals surface area contributed by atoms with E-state index in [1.165, 1.54) is 12.1 Å². The van der Waals surface area contributed by atoms with Gasteiger partial charge >= 0.3 is 6.18 Å². The second kappa shape index (κ2) is 7.06. The number of nitrogens with two attached hydrogens (primary N) is 1. The smallest absolute Gasteiger partial charge is 0.416 e. The second-order valence-corrected chi connectivity index (χ2v) is 7.42. The molecule has 1 aromatic carbocycles. The predicted octanol–water partition coefficient (Wildman–Crippen LogP) is 3.58. The van der Waals surface area contributed by atoms with E-state index in [9.17, 15) is 18.0 Å². The van der Waals surface area contributed by atoms with E-state index in [2.05, 4.69) is 4.99 Å². The fraction of sp³-hybridized carbons (Fsp3) is 0.556. The lowest BCUT2D eigenvalue weighted by Crippen LogP contribution is -2.33. The molecule has 138 valence electrons. The molecular weight excluding hydrogens is 333 g/mol. The second-order valence-electron chi connectivity index (χ2n) is 7.42. The highest BCUT2D eigenvalue weighted by Gasteiger charge is 2.35. The van der Waals surface area contributed by atoms with E-state index >= 15 is 0 Å². The molecule has 1 heterocycles. The van der Waals surface area contributed by atoms with Gasteiger partial charge in [-0.3, -0.25) is 4.79 Å². The van der Waals surface area contributed by atoms with Crippen molar-refractivity contribution in [1.29, 1.82) is 0 Å². The number of carbonyl (C=O) groups is 1. The molecule has 4 nitrogen and oxygen atoms in total. The first-order chi connectivity index (χ1) is 11.5. The van der Waals surface area contributed by atoms with Crippen LogP contribution in [0.5, 0.6) is 0 Å². The maximum absolute atomic E-state index is 12.6. The molecule has 0 aliphatic carbocycles. The van der Waals surface area contributed by atoms with Gasteiger partial charge in [-0.1, -0.05) is 32.9 Å². The molecule has 2 rings (SSSR count). The van der Waals surface area contributed by atoms with Gasteiger partial charge < -0.3 is 10.5 Å². The van der Waals surface area contributed by atoms with E-state index in [0.717, 1.165) is 17.7 Å². The molecule has 0 bridgehead atoms. The summed E-state index contributed by atoms with van der Waals surface area (Å²) in [7, 11) is 0. The number of aliphatic imine (C=N–C) groups is 1. The Morgan fingerprint density at radius 1 is 1.28 bits per heavy atom. The van der Waals surface area contributed by atoms with Crippen LogP contribution in [0.25, 0.3) is 0 Å². The Labute approximate surface area is 145 Å². The lowest BCUT2D eigenvalue weighted by molar-refractivity contribution is -0.137. The predicted molar refractivity (Wildman–Crippen MR) is 89.1 cm³/mol. The Bertz CT molecular complexity index is 646. The number of ether oxygens (including phenoxy) is 1. The number of hydrogen-bond acceptors (Lipinski definition) is 3. The first-order valence-electron chi connectivity index (χ1n) is 8.11. The molecule has 0 unspecified atom stereocenters. The summed E-state index contributed by atoms with van der Waals surface area (Å²) in [5.74, 6) is -0.136. The quantitative estimate of drug-likeness (QED) is 0.876. The van der Waals surface area contributed by atoms with Gasteiger partial charge in [-0.25, -0.2) is 4.99 Å². The van der Waals surface area contributed by atoms with Crippen LogP contribution in [0.15, 0.2) is 29.3 Å². The highest BCUT2D eigenvalue weighted by Crippen LogP contribution is 2.33. The minimum atomic E-state index is -4.34. The summed E-state index contributed by atoms with van der Waals surface area (Å²) < 4.78 is 43.5. The van der Waals surface area contributed by atoms with E-state index in [1.54, 1.807) is 0 Å². The molecule has 7 heteroatoms. The van der Waals surface area contributed by atoms with Crippen LogP contribution in [0.2, 0.25) is 0 Å². The molecule has 0 fully saturated rings. The first-order valence-corrected chi connectivity index (χ1v) is 8.11. The molecule has 1 amide bonds. The monoisotopic (exact) mass is 356 g/mol. The van der Waals surface area contributed by atoms with E-state index < -0.39 is 17.6 Å². The third-order valence-electron chi connectivity index (χ3n) is 4.23. The molecule has 1 aromatic rings. The molecule has 25 heavy (non-hydrogen) atoms. The van der Waals surface area contributed by atoms with Gasteiger partial charge in [0, 0.05) is 12.3 Å². The van der Waals surface area contributed by atoms with Crippen molar-refractivity contribution in [2.75, 3.05) is 6.61 Å². The van der Waals surface area contributed by atoms with Crippen LogP contribution in [-0.2, 0) is 22.1 Å². The number of hydrogen-bond donors (Lipinski definition) is 1. The maximum atomic E-state index is 12.6. The third-order valence-corrected chi connectivity index (χ3v) is 4.23. The van der Waals surface area contributed by atoms with Crippen molar-refractivity contribution >= 4 is 11.8 Å². The van der Waals surface area contributed by atoms with Crippen molar-refractivity contribution in [3.05, 3.63) is 35.4 Å². The summed E-state index contributed by atoms with van der Waals surface area (Å²) in [6.45, 7) is 6.29. The number of rotatable bonds is 5. The lowest BCUT2D eigenvalue weighted by Gasteiger charge is -2.28. The molecule has 0 spiro atoms. The average Bonchev–Trinajstić information content (AvgIpc) is 2.91. The molecule has 2 N–H and O–H groups in total. The van der Waals surface area contributed by atoms with Crippen molar-refractivity contribution in [2.45, 2.75) is 45.8 Å². The Morgan fingerprint density at radius 2 is 1.88 bits per heavy atom. The van der Waals surface area contributed by atoms with Gasteiger partial charge in [0.05, 0.1) is 11.6 Å². The van der Waals surface area contributed by atoms with Gasteiger partial charge in [0.1, 0.15) is 6.61 Å². The zero-order valence-electron chi connectivity index (χ0n) is 14.6. The summed E-state index contributed by atoms with van der Waals surface area (Å²) in [6.07, 6.45) is -3.71. The minimum absolute atomic E-state index is 0.148. The van der Waals surface area contributed by atoms with Crippen LogP contribution in [0.3, 0.4) is 0 Å². The summed E-state index contributed by atoms with van der Waals surface area (Å²) in [4.78, 5) is 15.9. The van der Waals surface area contributed by atoms with E-state index in [4.69, 9.17) is 10.5 Å². The van der Waals surface area contributed by atoms with Crippen molar-refractivity contribution < 1.29 is 22.7 Å². The number of benzene rings is 1. The number of amides is 1. The maximum Gasteiger partial charge on any atom is 0.416 e. The third kappa shape index (κ3) is 5.21. The van der Waals surface area contributed by atoms with Crippen LogP contribution >= 0.6 is 0 Å². The minimum Gasteiger partial charge on any atom is -0.478 e. The van der Waals surface area contributed by atoms with Crippen LogP contribution in [0, 0.1) is 11.3 Å². The van der Waals surface area contributed by atoms with Crippen LogP contribution in [-0.4, -0.2) is 24.5 Å². The van der Waals surface area contributed by atoms with Gasteiger partial charge in [-0.15, -0.1) is 0 Å². The van der Waals surface area contributed by atoms with E-state index in [-0.39, 0.29) is 23.8 Å². The zero-order chi connectivity index (χ0) is 18.8. The van der Waals surface area contributed by atoms with Crippen molar-refractivity contribution in [2.24, 2.45) is 22.1 Å². The molecular formula is C18H23F3N2O2. The summed E-state index contributed by atoms with van der Waals surface area (Å²) in [5, 5.41) is 0. The molecule has 1 aliphatic rings. The fourth-order valence-electron chi connectivity index (χ4n) is 2.80. The van der Waals surface area contributed by atoms with Crippen molar-refractivity contribution in [3.63, 3.8) is 0 Å². The highest BCUT2D eigenvalue weighted by molar-refractivity contribution is 5.86. The fourth-order valence-corrected chi connectivity index (χ4v) is 2.80. The Morgan fingerprint density at radius 3 is 2.36 bits per heavy atom. The van der Waals surface area contributed by atoms with Gasteiger partial charge in [0.15, 0.2) is 5.90 Å². The first kappa shape index (κ1) is 19.3. The van der Waals surface area contributed by atoms with Crippen LogP contribution in [0.1, 0.15) is 38.3 Å². The SMILES string of the molecule is CC(C)(C)[C@H](CC(N)=O)C1=N[C@@H](Cc2ccc(C(F)(F)F)cc2)CO1. The topological polar surface area (TPSA) is 64.7 Å². The van der Waals surface area contributed by atoms with Crippen molar-refractivity contribution in [3.8, 4) is 0 Å². The Hall–Kier alpha value is -2.05. The summed E-state index contributed by atoms with van der Waals surface area (Å²) in [6, 6.07) is 4.88. The molecule has 1 aliphatic heterocycles. The summed E-state index contributed by atoms with van der Waals surface area (Å²) >= 11 is 0. The van der Waals surface area contributed by atoms with Gasteiger partial charge in [-0.2, -0.15) is 13.2 Å². The standard InChI is InChI=1S/C18H23F3N2O2/c1-17(2,3)14(9-15(22)24)16-23-13(10-25-16)8-11-4-6-12(7-5-11)18(19,20)21/h4-7,13-14H,8-10H2,1-3H3,(H2,22,24)/t13-,14+/m0/s1. The van der Waals surface area contributed by atoms with Crippen LogP contribution in [0.4, 0.5) is 13.2 Å². The van der Waals surface area contributed by atoms with Crippen LogP contribution < -0.4 is 5.73 Å². The number of halogens is 3. The molecule has 0 saturated carbocycles. The Kier molecular flexibility index (Phi) is 5.44. The van der Waals surface area contributed by atoms with E-state index in [1.807, 2.05) is 20.8 Å². The largest absolute Gasteiger partial charge is 0.478 e. The molecule has 2 atom stereocenters. The number of alkyl halides is 3. The normalized spacial score (nSPS) is 19.3. The summed E-state index contributed by atoms with van der Waals surface area (Å²) in [5.41, 5.74) is 5.17. The van der Waals surface area contributed by atoms with E-state index in [0.29, 0.717) is 18.9 Å². The molecule has 0 saturated heterocycles. The molecule has 0 aromatic heterocycles. The number of nitrogens with zero attached hydrogens (tertiary/aromatic N) is 1. The number of carbonyl (C=O) groups excluding carboxylic acids is 1. The Balaban J connectivity index is 2.08.